The molecular formula is C15H27NO. The first-order valence-corrected chi connectivity index (χ1v) is 7.47. The topological polar surface area (TPSA) is 20.3 Å². The minimum Gasteiger partial charge on any atom is -0.300 e. The van der Waals surface area contributed by atoms with E-state index in [1.807, 2.05) is 0 Å². The number of carbonyl (C=O) groups is 1. The lowest BCUT2D eigenvalue weighted by atomic mass is 9.80. The van der Waals surface area contributed by atoms with E-state index >= 15 is 0 Å². The van der Waals surface area contributed by atoms with Crippen LogP contribution in [0, 0.1) is 11.8 Å². The van der Waals surface area contributed by atoms with Crippen molar-refractivity contribution in [3.63, 3.8) is 0 Å². The Bertz CT molecular complexity index is 256. The van der Waals surface area contributed by atoms with Crippen LogP contribution in [0.2, 0.25) is 0 Å². The highest BCUT2D eigenvalue weighted by atomic mass is 16.1. The number of piperidine rings is 1. The van der Waals surface area contributed by atoms with Crippen molar-refractivity contribution in [2.75, 3.05) is 13.1 Å². The maximum absolute atomic E-state index is 11.4. The quantitative estimate of drug-likeness (QED) is 0.751. The van der Waals surface area contributed by atoms with Crippen LogP contribution in [0.4, 0.5) is 0 Å². The second-order valence-corrected chi connectivity index (χ2v) is 5.94. The SMILES string of the molecule is CCC1CCCCC1N1CCC(C(C)=O)CC1. The summed E-state index contributed by atoms with van der Waals surface area (Å²) in [5, 5.41) is 0. The van der Waals surface area contributed by atoms with E-state index in [4.69, 9.17) is 0 Å². The third kappa shape index (κ3) is 3.09. The molecule has 2 unspecified atom stereocenters. The molecule has 0 radical (unpaired) electrons. The van der Waals surface area contributed by atoms with Gasteiger partial charge in [0.15, 0.2) is 0 Å². The second kappa shape index (κ2) is 5.99. The molecule has 0 spiro atoms. The summed E-state index contributed by atoms with van der Waals surface area (Å²) in [7, 11) is 0. The molecule has 2 fully saturated rings. The number of nitrogens with zero attached hydrogens (tertiary/aromatic N) is 1. The lowest BCUT2D eigenvalue weighted by Crippen LogP contribution is -2.47. The average Bonchev–Trinajstić information content (AvgIpc) is 2.39. The van der Waals surface area contributed by atoms with Gasteiger partial charge < -0.3 is 4.90 Å². The molecule has 2 heteroatoms. The van der Waals surface area contributed by atoms with Crippen LogP contribution in [-0.2, 0) is 4.79 Å². The Morgan fingerprint density at radius 1 is 1.12 bits per heavy atom. The van der Waals surface area contributed by atoms with Gasteiger partial charge in [-0.3, -0.25) is 4.79 Å². The van der Waals surface area contributed by atoms with E-state index in [0.717, 1.165) is 37.9 Å². The van der Waals surface area contributed by atoms with E-state index in [9.17, 15) is 4.79 Å². The van der Waals surface area contributed by atoms with Crippen molar-refractivity contribution in [2.45, 2.75) is 64.8 Å². The smallest absolute Gasteiger partial charge is 0.133 e. The van der Waals surface area contributed by atoms with Gasteiger partial charge in [0, 0.05) is 12.0 Å². The first kappa shape index (κ1) is 13.1. The summed E-state index contributed by atoms with van der Waals surface area (Å²) >= 11 is 0. The molecule has 1 saturated carbocycles. The largest absolute Gasteiger partial charge is 0.300 e. The fourth-order valence-electron chi connectivity index (χ4n) is 3.78. The normalized spacial score (nSPS) is 32.6. The van der Waals surface area contributed by atoms with Crippen LogP contribution in [0.1, 0.15) is 58.8 Å². The maximum atomic E-state index is 11.4. The highest BCUT2D eigenvalue weighted by molar-refractivity contribution is 5.78. The zero-order valence-electron chi connectivity index (χ0n) is 11.5. The summed E-state index contributed by atoms with van der Waals surface area (Å²) < 4.78 is 0. The van der Waals surface area contributed by atoms with Gasteiger partial charge in [-0.2, -0.15) is 0 Å². The van der Waals surface area contributed by atoms with Crippen molar-refractivity contribution in [3.8, 4) is 0 Å². The van der Waals surface area contributed by atoms with E-state index in [1.165, 1.54) is 32.1 Å². The van der Waals surface area contributed by atoms with Gasteiger partial charge in [0.05, 0.1) is 0 Å². The zero-order chi connectivity index (χ0) is 12.3. The van der Waals surface area contributed by atoms with Crippen molar-refractivity contribution >= 4 is 5.78 Å². The van der Waals surface area contributed by atoms with Gasteiger partial charge in [0.2, 0.25) is 0 Å². The molecule has 0 aromatic heterocycles. The van der Waals surface area contributed by atoms with Crippen molar-refractivity contribution in [1.29, 1.82) is 0 Å². The van der Waals surface area contributed by atoms with Gasteiger partial charge in [-0.25, -0.2) is 0 Å². The predicted octanol–water partition coefficient (Wildman–Crippen LogP) is 3.26. The Hall–Kier alpha value is -0.370. The summed E-state index contributed by atoms with van der Waals surface area (Å²) in [4.78, 5) is 14.1. The number of carbonyl (C=O) groups excluding carboxylic acids is 1. The molecule has 0 aromatic carbocycles. The van der Waals surface area contributed by atoms with Crippen LogP contribution in [0.3, 0.4) is 0 Å². The Morgan fingerprint density at radius 2 is 1.76 bits per heavy atom. The fourth-order valence-corrected chi connectivity index (χ4v) is 3.78. The Labute approximate surface area is 106 Å². The summed E-state index contributed by atoms with van der Waals surface area (Å²) in [6, 6.07) is 0.821. The van der Waals surface area contributed by atoms with E-state index in [0.29, 0.717) is 11.7 Å². The number of hydrogen-bond acceptors (Lipinski definition) is 2. The first-order chi connectivity index (χ1) is 8.22. The molecule has 1 aliphatic carbocycles. The second-order valence-electron chi connectivity index (χ2n) is 5.94. The van der Waals surface area contributed by atoms with Crippen LogP contribution in [-0.4, -0.2) is 29.8 Å². The van der Waals surface area contributed by atoms with Crippen molar-refractivity contribution in [1.82, 2.24) is 4.90 Å². The standard InChI is InChI=1S/C15H27NO/c1-3-13-6-4-5-7-15(13)16-10-8-14(9-11-16)12(2)17/h13-15H,3-11H2,1-2H3. The van der Waals surface area contributed by atoms with Crippen LogP contribution >= 0.6 is 0 Å². The third-order valence-electron chi connectivity index (χ3n) is 4.97. The van der Waals surface area contributed by atoms with Crippen LogP contribution in [0.5, 0.6) is 0 Å². The van der Waals surface area contributed by atoms with Crippen LogP contribution in [0.25, 0.3) is 0 Å². The first-order valence-electron chi connectivity index (χ1n) is 7.47. The molecule has 2 nitrogen and oxygen atoms in total. The van der Waals surface area contributed by atoms with E-state index in [1.54, 1.807) is 6.92 Å². The van der Waals surface area contributed by atoms with Gasteiger partial charge in [0.25, 0.3) is 0 Å². The molecule has 0 N–H and O–H groups in total. The molecular weight excluding hydrogens is 210 g/mol. The monoisotopic (exact) mass is 237 g/mol. The third-order valence-corrected chi connectivity index (χ3v) is 4.97. The lowest BCUT2D eigenvalue weighted by Gasteiger charge is -2.43. The Balaban J connectivity index is 1.88. The average molecular weight is 237 g/mol. The van der Waals surface area contributed by atoms with Gasteiger partial charge >= 0.3 is 0 Å². The number of rotatable bonds is 3. The van der Waals surface area contributed by atoms with Gasteiger partial charge in [-0.1, -0.05) is 26.2 Å². The number of hydrogen-bond donors (Lipinski definition) is 0. The molecule has 1 saturated heterocycles. The highest BCUT2D eigenvalue weighted by Crippen LogP contribution is 2.33. The van der Waals surface area contributed by atoms with Gasteiger partial charge in [-0.15, -0.1) is 0 Å². The number of Topliss-reactive ketones (excluding diaryl/α,β-unsaturated/α-hetero) is 1. The van der Waals surface area contributed by atoms with Crippen molar-refractivity contribution in [3.05, 3.63) is 0 Å². The summed E-state index contributed by atoms with van der Waals surface area (Å²) in [5.41, 5.74) is 0. The molecule has 1 aliphatic heterocycles. The minimum absolute atomic E-state index is 0.356. The molecule has 2 rings (SSSR count). The maximum Gasteiger partial charge on any atom is 0.133 e. The van der Waals surface area contributed by atoms with Crippen molar-refractivity contribution < 1.29 is 4.79 Å². The van der Waals surface area contributed by atoms with Gasteiger partial charge in [0.1, 0.15) is 5.78 Å². The predicted molar refractivity (Wildman–Crippen MR) is 71.0 cm³/mol. The molecule has 98 valence electrons. The van der Waals surface area contributed by atoms with Crippen molar-refractivity contribution in [2.24, 2.45) is 11.8 Å². The molecule has 2 atom stereocenters. The summed E-state index contributed by atoms with van der Waals surface area (Å²) in [6.45, 7) is 6.41. The Morgan fingerprint density at radius 3 is 2.35 bits per heavy atom. The summed E-state index contributed by atoms with van der Waals surface area (Å²) in [5.74, 6) is 1.67. The van der Waals surface area contributed by atoms with Crippen LogP contribution in [0.15, 0.2) is 0 Å². The zero-order valence-corrected chi connectivity index (χ0v) is 11.5. The molecule has 17 heavy (non-hydrogen) atoms. The van der Waals surface area contributed by atoms with Gasteiger partial charge in [-0.05, 0) is 51.6 Å². The van der Waals surface area contributed by atoms with E-state index < -0.39 is 0 Å². The molecule has 0 aromatic rings. The van der Waals surface area contributed by atoms with E-state index in [-0.39, 0.29) is 0 Å². The van der Waals surface area contributed by atoms with Crippen LogP contribution < -0.4 is 0 Å². The number of likely N-dealkylation sites (tertiary alicyclic amines) is 1. The highest BCUT2D eigenvalue weighted by Gasteiger charge is 2.32. The number of ketones is 1. The Kier molecular flexibility index (Phi) is 4.61. The minimum atomic E-state index is 0.356. The lowest BCUT2D eigenvalue weighted by molar-refractivity contribution is -0.122. The molecule has 2 aliphatic rings. The molecule has 1 heterocycles. The van der Waals surface area contributed by atoms with E-state index in [2.05, 4.69) is 11.8 Å². The molecule has 0 amide bonds. The molecule has 0 bridgehead atoms. The fraction of sp³-hybridized carbons (Fsp3) is 0.933. The summed E-state index contributed by atoms with van der Waals surface area (Å²) in [6.07, 6.45) is 9.19.